The minimum atomic E-state index is -0.896. The lowest BCUT2D eigenvalue weighted by Crippen LogP contribution is -2.02. The topological polar surface area (TPSA) is 54.4 Å². The van der Waals surface area contributed by atoms with Gasteiger partial charge in [0.05, 0.1) is 11.3 Å². The summed E-state index contributed by atoms with van der Waals surface area (Å²) in [5.74, 6) is -0.882. The number of carbonyl (C=O) groups excluding carboxylic acids is 1. The Labute approximate surface area is 144 Å². The van der Waals surface area contributed by atoms with Crippen molar-refractivity contribution in [2.45, 2.75) is 12.8 Å². The molecule has 1 aromatic heterocycles. The zero-order chi connectivity index (χ0) is 16.9. The Kier molecular flexibility index (Phi) is 4.87. The van der Waals surface area contributed by atoms with Crippen LogP contribution in [0.25, 0.3) is 10.4 Å². The van der Waals surface area contributed by atoms with Gasteiger partial charge in [-0.3, -0.25) is 9.59 Å². The number of ketones is 1. The summed E-state index contributed by atoms with van der Waals surface area (Å²) < 4.78 is 0. The van der Waals surface area contributed by atoms with E-state index in [2.05, 4.69) is 0 Å². The van der Waals surface area contributed by atoms with Crippen molar-refractivity contribution in [2.75, 3.05) is 0 Å². The maximum atomic E-state index is 12.6. The summed E-state index contributed by atoms with van der Waals surface area (Å²) in [6, 6.07) is 20.9. The molecule has 0 radical (unpaired) electrons. The third-order valence-electron chi connectivity index (χ3n) is 3.67. The second-order valence-electron chi connectivity index (χ2n) is 5.49. The van der Waals surface area contributed by atoms with E-state index >= 15 is 0 Å². The third-order valence-corrected chi connectivity index (χ3v) is 4.94. The predicted molar refractivity (Wildman–Crippen MR) is 95.6 cm³/mol. The van der Waals surface area contributed by atoms with E-state index in [-0.39, 0.29) is 12.2 Å². The molecular formula is C20H16O3S. The highest BCUT2D eigenvalue weighted by atomic mass is 32.1. The number of thiophene rings is 1. The lowest BCUT2D eigenvalue weighted by Gasteiger charge is -2.00. The van der Waals surface area contributed by atoms with E-state index < -0.39 is 5.97 Å². The van der Waals surface area contributed by atoms with Crippen LogP contribution in [0.1, 0.15) is 20.8 Å². The van der Waals surface area contributed by atoms with Gasteiger partial charge < -0.3 is 5.11 Å². The number of Topliss-reactive ketones (excluding diaryl/α,β-unsaturated/α-hetero) is 1. The fraction of sp³-hybridized carbons (Fsp3) is 0.100. The Hall–Kier alpha value is -2.72. The molecule has 120 valence electrons. The van der Waals surface area contributed by atoms with E-state index in [1.54, 1.807) is 6.07 Å². The maximum absolute atomic E-state index is 12.6. The predicted octanol–water partition coefficient (Wildman–Crippen LogP) is 4.47. The van der Waals surface area contributed by atoms with Gasteiger partial charge in [0.15, 0.2) is 5.78 Å². The number of benzene rings is 2. The van der Waals surface area contributed by atoms with Crippen LogP contribution in [0.2, 0.25) is 0 Å². The van der Waals surface area contributed by atoms with Crippen LogP contribution in [0.5, 0.6) is 0 Å². The summed E-state index contributed by atoms with van der Waals surface area (Å²) in [4.78, 5) is 25.2. The molecule has 2 aromatic carbocycles. The van der Waals surface area contributed by atoms with E-state index in [1.165, 1.54) is 11.3 Å². The van der Waals surface area contributed by atoms with Crippen molar-refractivity contribution in [1.82, 2.24) is 0 Å². The zero-order valence-electron chi connectivity index (χ0n) is 12.9. The summed E-state index contributed by atoms with van der Waals surface area (Å²) in [5, 5.41) is 9.14. The minimum absolute atomic E-state index is 0.0139. The largest absolute Gasteiger partial charge is 0.481 e. The van der Waals surface area contributed by atoms with Crippen molar-refractivity contribution in [3.63, 3.8) is 0 Å². The Morgan fingerprint density at radius 1 is 0.875 bits per heavy atom. The van der Waals surface area contributed by atoms with Crippen LogP contribution in [-0.2, 0) is 17.6 Å². The molecule has 0 aliphatic carbocycles. The van der Waals surface area contributed by atoms with E-state index in [9.17, 15) is 9.59 Å². The molecule has 0 amide bonds. The Morgan fingerprint density at radius 2 is 1.50 bits per heavy atom. The average molecular weight is 336 g/mol. The number of rotatable bonds is 6. The molecule has 0 saturated heterocycles. The van der Waals surface area contributed by atoms with Crippen LogP contribution in [0.4, 0.5) is 0 Å². The molecule has 24 heavy (non-hydrogen) atoms. The van der Waals surface area contributed by atoms with Crippen molar-refractivity contribution < 1.29 is 14.7 Å². The molecule has 0 spiro atoms. The molecule has 0 saturated carbocycles. The second-order valence-corrected chi connectivity index (χ2v) is 6.54. The zero-order valence-corrected chi connectivity index (χ0v) is 13.8. The van der Waals surface area contributed by atoms with Gasteiger partial charge in [-0.25, -0.2) is 0 Å². The molecule has 1 N–H and O–H groups in total. The van der Waals surface area contributed by atoms with Crippen LogP contribution in [-0.4, -0.2) is 16.9 Å². The Balaban J connectivity index is 1.93. The first-order valence-corrected chi connectivity index (χ1v) is 8.42. The fourth-order valence-corrected chi connectivity index (χ4v) is 3.69. The number of aliphatic carboxylic acids is 1. The van der Waals surface area contributed by atoms with E-state index in [1.807, 2.05) is 60.7 Å². The molecule has 0 bridgehead atoms. The van der Waals surface area contributed by atoms with Crippen molar-refractivity contribution >= 4 is 23.1 Å². The number of carboxylic acid groups (broad SMARTS) is 1. The highest BCUT2D eigenvalue weighted by Gasteiger charge is 2.17. The minimum Gasteiger partial charge on any atom is -0.481 e. The highest BCUT2D eigenvalue weighted by Crippen LogP contribution is 2.34. The third kappa shape index (κ3) is 3.78. The van der Waals surface area contributed by atoms with Crippen molar-refractivity contribution in [2.24, 2.45) is 0 Å². The van der Waals surface area contributed by atoms with E-state index in [0.29, 0.717) is 16.9 Å². The van der Waals surface area contributed by atoms with Crippen LogP contribution in [0.15, 0.2) is 66.7 Å². The maximum Gasteiger partial charge on any atom is 0.307 e. The van der Waals surface area contributed by atoms with Gasteiger partial charge >= 0.3 is 5.97 Å². The first-order chi connectivity index (χ1) is 11.6. The smallest absolute Gasteiger partial charge is 0.307 e. The van der Waals surface area contributed by atoms with Gasteiger partial charge in [-0.05, 0) is 22.8 Å². The van der Waals surface area contributed by atoms with Crippen molar-refractivity contribution in [3.8, 4) is 10.4 Å². The monoisotopic (exact) mass is 336 g/mol. The van der Waals surface area contributed by atoms with Gasteiger partial charge in [0.25, 0.3) is 0 Å². The molecular weight excluding hydrogens is 320 g/mol. The Morgan fingerprint density at radius 3 is 2.12 bits per heavy atom. The molecule has 0 unspecified atom stereocenters. The van der Waals surface area contributed by atoms with Crippen molar-refractivity contribution in [3.05, 3.63) is 82.7 Å². The van der Waals surface area contributed by atoms with Gasteiger partial charge in [0.2, 0.25) is 0 Å². The molecule has 0 fully saturated rings. The fourth-order valence-electron chi connectivity index (χ4n) is 2.56. The second kappa shape index (κ2) is 7.23. The highest BCUT2D eigenvalue weighted by molar-refractivity contribution is 7.17. The number of carbonyl (C=O) groups is 2. The van der Waals surface area contributed by atoms with Gasteiger partial charge in [0, 0.05) is 11.3 Å². The Bertz CT molecular complexity index is 851. The lowest BCUT2D eigenvalue weighted by atomic mass is 10.0. The summed E-state index contributed by atoms with van der Waals surface area (Å²) in [7, 11) is 0. The van der Waals surface area contributed by atoms with Crippen LogP contribution in [0.3, 0.4) is 0 Å². The van der Waals surface area contributed by atoms with Crippen LogP contribution < -0.4 is 0 Å². The normalized spacial score (nSPS) is 10.5. The number of hydrogen-bond donors (Lipinski definition) is 1. The van der Waals surface area contributed by atoms with Crippen molar-refractivity contribution in [1.29, 1.82) is 0 Å². The first-order valence-electron chi connectivity index (χ1n) is 7.60. The van der Waals surface area contributed by atoms with Crippen LogP contribution >= 0.6 is 11.3 Å². The molecule has 1 heterocycles. The quantitative estimate of drug-likeness (QED) is 0.676. The van der Waals surface area contributed by atoms with E-state index in [4.69, 9.17) is 5.11 Å². The molecule has 3 rings (SSSR count). The lowest BCUT2D eigenvalue weighted by molar-refractivity contribution is -0.136. The summed E-state index contributed by atoms with van der Waals surface area (Å²) in [5.41, 5.74) is 2.59. The van der Waals surface area contributed by atoms with Gasteiger partial charge in [-0.1, -0.05) is 60.7 Å². The van der Waals surface area contributed by atoms with Gasteiger partial charge in [0.1, 0.15) is 0 Å². The SMILES string of the molecule is O=C(O)Cc1cc(C(=O)Cc2ccccc2)sc1-c1ccccc1. The molecule has 3 nitrogen and oxygen atoms in total. The molecule has 0 aliphatic heterocycles. The van der Waals surface area contributed by atoms with Crippen LogP contribution in [0, 0.1) is 0 Å². The summed E-state index contributed by atoms with van der Waals surface area (Å²) in [6.07, 6.45) is 0.238. The molecule has 0 atom stereocenters. The molecule has 0 aliphatic rings. The summed E-state index contributed by atoms with van der Waals surface area (Å²) in [6.45, 7) is 0. The average Bonchev–Trinajstić information content (AvgIpc) is 3.00. The number of carboxylic acids is 1. The van der Waals surface area contributed by atoms with Gasteiger partial charge in [-0.2, -0.15) is 0 Å². The standard InChI is InChI=1S/C20H16O3S/c21-17(11-14-7-3-1-4-8-14)18-12-16(13-19(22)23)20(24-18)15-9-5-2-6-10-15/h1-10,12H,11,13H2,(H,22,23). The molecule has 3 aromatic rings. The first kappa shape index (κ1) is 16.1. The van der Waals surface area contributed by atoms with E-state index in [0.717, 1.165) is 16.0 Å². The van der Waals surface area contributed by atoms with Gasteiger partial charge in [-0.15, -0.1) is 11.3 Å². The summed E-state index contributed by atoms with van der Waals surface area (Å²) >= 11 is 1.37. The number of hydrogen-bond acceptors (Lipinski definition) is 3. The molecule has 4 heteroatoms.